The van der Waals surface area contributed by atoms with E-state index in [-0.39, 0.29) is 5.82 Å². The van der Waals surface area contributed by atoms with Gasteiger partial charge in [0.1, 0.15) is 10.7 Å². The van der Waals surface area contributed by atoms with Crippen LogP contribution in [-0.2, 0) is 19.8 Å². The van der Waals surface area contributed by atoms with Crippen molar-refractivity contribution >= 4 is 39.3 Å². The van der Waals surface area contributed by atoms with Gasteiger partial charge in [-0.2, -0.15) is 23.4 Å². The maximum Gasteiger partial charge on any atom is 0.436 e. The van der Waals surface area contributed by atoms with Gasteiger partial charge in [0, 0.05) is 13.2 Å². The second-order valence-electron chi connectivity index (χ2n) is 6.10. The summed E-state index contributed by atoms with van der Waals surface area (Å²) in [6.45, 7) is 2.44. The van der Waals surface area contributed by atoms with Gasteiger partial charge in [0.15, 0.2) is 11.5 Å². The minimum absolute atomic E-state index is 0.155. The third-order valence-corrected chi connectivity index (χ3v) is 4.83. The quantitative estimate of drug-likeness (QED) is 0.596. The van der Waals surface area contributed by atoms with E-state index in [1.165, 1.54) is 7.05 Å². The monoisotopic (exact) mass is 475 g/mol. The molecule has 3 aromatic rings. The molecule has 3 rings (SSSR count). The molecule has 0 bridgehead atoms. The molecule has 148 valence electrons. The predicted molar refractivity (Wildman–Crippen MR) is 101 cm³/mol. The minimum atomic E-state index is -4.76. The lowest BCUT2D eigenvalue weighted by molar-refractivity contribution is -0.141. The summed E-state index contributed by atoms with van der Waals surface area (Å²) in [5, 5.41) is 9.24. The Hall–Kier alpha value is -2.33. The number of aromatic nitrogens is 4. The lowest BCUT2D eigenvalue weighted by Crippen LogP contribution is -2.17. The van der Waals surface area contributed by atoms with Gasteiger partial charge in [-0.1, -0.05) is 41.4 Å². The van der Waals surface area contributed by atoms with Gasteiger partial charge >= 0.3 is 6.18 Å². The van der Waals surface area contributed by atoms with Gasteiger partial charge < -0.3 is 5.32 Å². The van der Waals surface area contributed by atoms with E-state index in [4.69, 9.17) is 11.6 Å². The molecule has 0 unspecified atom stereocenters. The Balaban J connectivity index is 1.81. The van der Waals surface area contributed by atoms with Crippen molar-refractivity contribution in [3.63, 3.8) is 0 Å². The molecule has 11 heteroatoms. The summed E-state index contributed by atoms with van der Waals surface area (Å²) in [5.41, 5.74) is 0.410. The van der Waals surface area contributed by atoms with Crippen LogP contribution in [0.5, 0.6) is 0 Å². The Bertz CT molecular complexity index is 1030. The van der Waals surface area contributed by atoms with E-state index in [1.807, 2.05) is 31.2 Å². The van der Waals surface area contributed by atoms with Gasteiger partial charge in [-0.3, -0.25) is 14.2 Å². The molecule has 28 heavy (non-hydrogen) atoms. The van der Waals surface area contributed by atoms with Crippen molar-refractivity contribution in [2.24, 2.45) is 7.05 Å². The van der Waals surface area contributed by atoms with Crippen LogP contribution >= 0.6 is 27.5 Å². The van der Waals surface area contributed by atoms with Gasteiger partial charge in [0.2, 0.25) is 0 Å². The van der Waals surface area contributed by atoms with Crippen LogP contribution in [0.15, 0.2) is 34.9 Å². The molecule has 0 aliphatic heterocycles. The molecular formula is C17H14BrClF3N5O. The molecular weight excluding hydrogens is 463 g/mol. The Morgan fingerprint density at radius 3 is 2.46 bits per heavy atom. The van der Waals surface area contributed by atoms with Crippen molar-refractivity contribution < 1.29 is 18.0 Å². The van der Waals surface area contributed by atoms with Crippen LogP contribution in [0.2, 0.25) is 5.02 Å². The Morgan fingerprint density at radius 2 is 1.89 bits per heavy atom. The standard InChI is InChI=1S/C17H14BrClF3N5O/c1-9-3-5-10(6-4-9)7-27-8-11(18)15(25-27)23-16(28)13-12(19)14(17(20,21)22)24-26(13)2/h3-6,8H,7H2,1-2H3,(H,23,25,28). The normalized spacial score (nSPS) is 11.7. The highest BCUT2D eigenvalue weighted by Gasteiger charge is 2.39. The van der Waals surface area contributed by atoms with Crippen molar-refractivity contribution in [1.82, 2.24) is 19.6 Å². The first-order chi connectivity index (χ1) is 13.1. The fraction of sp³-hybridized carbons (Fsp3) is 0.235. The van der Waals surface area contributed by atoms with E-state index in [1.54, 1.807) is 10.9 Å². The zero-order chi connectivity index (χ0) is 20.6. The molecule has 2 aromatic heterocycles. The molecule has 1 N–H and O–H groups in total. The molecule has 1 amide bonds. The molecule has 1 aromatic carbocycles. The van der Waals surface area contributed by atoms with Crippen LogP contribution in [0.25, 0.3) is 0 Å². The number of carbonyl (C=O) groups is 1. The number of nitrogens with zero attached hydrogens (tertiary/aromatic N) is 4. The van der Waals surface area contributed by atoms with Crippen LogP contribution < -0.4 is 5.32 Å². The summed E-state index contributed by atoms with van der Waals surface area (Å²) >= 11 is 9.02. The number of alkyl halides is 3. The topological polar surface area (TPSA) is 64.7 Å². The molecule has 0 spiro atoms. The van der Waals surface area contributed by atoms with E-state index >= 15 is 0 Å². The number of carbonyl (C=O) groups excluding carboxylic acids is 1. The fourth-order valence-electron chi connectivity index (χ4n) is 2.54. The van der Waals surface area contributed by atoms with Gasteiger partial charge in [0.25, 0.3) is 5.91 Å². The molecule has 0 radical (unpaired) electrons. The van der Waals surface area contributed by atoms with Crippen molar-refractivity contribution in [3.05, 3.63) is 62.5 Å². The summed E-state index contributed by atoms with van der Waals surface area (Å²) in [6, 6.07) is 7.85. The number of nitrogens with one attached hydrogen (secondary N) is 1. The number of aryl methyl sites for hydroxylation is 2. The summed E-state index contributed by atoms with van der Waals surface area (Å²) in [7, 11) is 1.21. The van der Waals surface area contributed by atoms with E-state index in [2.05, 4.69) is 31.4 Å². The number of amides is 1. The van der Waals surface area contributed by atoms with Gasteiger partial charge in [-0.15, -0.1) is 0 Å². The Labute approximate surface area is 171 Å². The zero-order valence-electron chi connectivity index (χ0n) is 14.7. The Kier molecular flexibility index (Phi) is 5.53. The lowest BCUT2D eigenvalue weighted by Gasteiger charge is -2.05. The van der Waals surface area contributed by atoms with E-state index in [9.17, 15) is 18.0 Å². The zero-order valence-corrected chi connectivity index (χ0v) is 17.0. The summed E-state index contributed by atoms with van der Waals surface area (Å²) in [5.74, 6) is -0.695. The van der Waals surface area contributed by atoms with Crippen LogP contribution in [0.4, 0.5) is 19.0 Å². The third kappa shape index (κ3) is 4.22. The summed E-state index contributed by atoms with van der Waals surface area (Å²) in [6.07, 6.45) is -3.11. The SMILES string of the molecule is Cc1ccc(Cn2cc(Br)c(NC(=O)c3c(Cl)c(C(F)(F)F)nn3C)n2)cc1. The molecule has 0 aliphatic carbocycles. The molecule has 0 saturated heterocycles. The number of anilines is 1. The average Bonchev–Trinajstić information content (AvgIpc) is 3.08. The first-order valence-corrected chi connectivity index (χ1v) is 9.13. The smallest absolute Gasteiger partial charge is 0.303 e. The van der Waals surface area contributed by atoms with Crippen molar-refractivity contribution in [3.8, 4) is 0 Å². The van der Waals surface area contributed by atoms with Gasteiger partial charge in [0.05, 0.1) is 11.0 Å². The van der Waals surface area contributed by atoms with Crippen molar-refractivity contribution in [2.75, 3.05) is 5.32 Å². The van der Waals surface area contributed by atoms with Crippen LogP contribution in [-0.4, -0.2) is 25.5 Å². The van der Waals surface area contributed by atoms with Crippen molar-refractivity contribution in [2.45, 2.75) is 19.6 Å². The molecule has 0 aliphatic rings. The van der Waals surface area contributed by atoms with Crippen molar-refractivity contribution in [1.29, 1.82) is 0 Å². The highest BCUT2D eigenvalue weighted by molar-refractivity contribution is 9.10. The second kappa shape index (κ2) is 7.59. The highest BCUT2D eigenvalue weighted by atomic mass is 79.9. The third-order valence-electron chi connectivity index (χ3n) is 3.89. The second-order valence-corrected chi connectivity index (χ2v) is 7.33. The van der Waals surface area contributed by atoms with Crippen LogP contribution in [0, 0.1) is 6.92 Å². The number of rotatable bonds is 4. The predicted octanol–water partition coefficient (Wildman–Crippen LogP) is 4.66. The van der Waals surface area contributed by atoms with Gasteiger partial charge in [-0.05, 0) is 28.4 Å². The highest BCUT2D eigenvalue weighted by Crippen LogP contribution is 2.35. The first kappa shape index (κ1) is 20.4. The van der Waals surface area contributed by atoms with E-state index in [0.29, 0.717) is 11.0 Å². The van der Waals surface area contributed by atoms with E-state index in [0.717, 1.165) is 15.8 Å². The van der Waals surface area contributed by atoms with Crippen LogP contribution in [0.1, 0.15) is 27.3 Å². The maximum absolute atomic E-state index is 12.9. The maximum atomic E-state index is 12.9. The van der Waals surface area contributed by atoms with E-state index < -0.39 is 28.5 Å². The summed E-state index contributed by atoms with van der Waals surface area (Å²) < 4.78 is 41.6. The number of hydrogen-bond donors (Lipinski definition) is 1. The molecule has 6 nitrogen and oxygen atoms in total. The minimum Gasteiger partial charge on any atom is -0.303 e. The molecule has 2 heterocycles. The molecule has 0 fully saturated rings. The fourth-order valence-corrected chi connectivity index (χ4v) is 3.30. The summed E-state index contributed by atoms with van der Waals surface area (Å²) in [4.78, 5) is 12.5. The largest absolute Gasteiger partial charge is 0.436 e. The molecule has 0 atom stereocenters. The number of hydrogen-bond acceptors (Lipinski definition) is 3. The van der Waals surface area contributed by atoms with Gasteiger partial charge in [-0.25, -0.2) is 0 Å². The Morgan fingerprint density at radius 1 is 1.25 bits per heavy atom. The van der Waals surface area contributed by atoms with Crippen LogP contribution in [0.3, 0.4) is 0 Å². The number of halogens is 5. The average molecular weight is 477 g/mol. The number of benzene rings is 1. The lowest BCUT2D eigenvalue weighted by atomic mass is 10.1. The molecule has 0 saturated carbocycles. The first-order valence-electron chi connectivity index (χ1n) is 7.96.